The van der Waals surface area contributed by atoms with E-state index in [9.17, 15) is 0 Å². The molecule has 2 heterocycles. The highest BCUT2D eigenvalue weighted by Gasteiger charge is 2.23. The average Bonchev–Trinajstić information content (AvgIpc) is 2.85. The molecule has 2 unspecified atom stereocenters. The van der Waals surface area contributed by atoms with Crippen LogP contribution in [0.1, 0.15) is 41.6 Å². The number of ether oxygens (including phenoxy) is 1. The minimum absolute atomic E-state index is 0.323. The Hall–Kier alpha value is -1.39. The van der Waals surface area contributed by atoms with Crippen molar-refractivity contribution < 1.29 is 4.74 Å². The third-order valence-electron chi connectivity index (χ3n) is 3.59. The van der Waals surface area contributed by atoms with Gasteiger partial charge in [0.05, 0.1) is 17.8 Å². The van der Waals surface area contributed by atoms with Crippen molar-refractivity contribution in [3.63, 3.8) is 0 Å². The molecule has 1 aromatic carbocycles. The van der Waals surface area contributed by atoms with Crippen LogP contribution in [0.15, 0.2) is 29.8 Å². The molecule has 0 aliphatic carbocycles. The quantitative estimate of drug-likeness (QED) is 0.928. The summed E-state index contributed by atoms with van der Waals surface area (Å²) in [5, 5.41) is 3.71. The highest BCUT2D eigenvalue weighted by atomic mass is 32.1. The number of nitrogens with one attached hydrogen (secondary N) is 1. The summed E-state index contributed by atoms with van der Waals surface area (Å²) in [6.45, 7) is 5.06. The van der Waals surface area contributed by atoms with E-state index in [4.69, 9.17) is 4.74 Å². The number of aromatic nitrogens is 1. The number of nitrogens with zero attached hydrogens (tertiary/aromatic N) is 1. The van der Waals surface area contributed by atoms with Gasteiger partial charge in [-0.05, 0) is 19.9 Å². The number of fused-ring (bicyclic) bond motifs is 1. The highest BCUT2D eigenvalue weighted by Crippen LogP contribution is 2.34. The van der Waals surface area contributed by atoms with Crippen molar-refractivity contribution in [1.29, 1.82) is 0 Å². The molecule has 0 bridgehead atoms. The van der Waals surface area contributed by atoms with Crippen LogP contribution in [-0.4, -0.2) is 11.6 Å². The number of benzene rings is 1. The first-order valence-corrected chi connectivity index (χ1v) is 7.51. The van der Waals surface area contributed by atoms with Crippen LogP contribution in [0.3, 0.4) is 0 Å². The van der Waals surface area contributed by atoms with Gasteiger partial charge in [-0.2, -0.15) is 0 Å². The second-order valence-electron chi connectivity index (χ2n) is 4.92. The Morgan fingerprint density at radius 3 is 3.05 bits per heavy atom. The molecule has 19 heavy (non-hydrogen) atoms. The van der Waals surface area contributed by atoms with E-state index in [1.807, 2.05) is 17.6 Å². The van der Waals surface area contributed by atoms with E-state index in [1.165, 1.54) is 10.4 Å². The standard InChI is InChI=1S/C15H18N2OS/c1-10-15(19-9-16-10)11(2)17-13-7-8-18-14-6-4-3-5-12(13)14/h3-6,9,11,13,17H,7-8H2,1-2H3. The summed E-state index contributed by atoms with van der Waals surface area (Å²) >= 11 is 1.72. The van der Waals surface area contributed by atoms with Crippen LogP contribution in [-0.2, 0) is 0 Å². The molecule has 3 nitrogen and oxygen atoms in total. The Morgan fingerprint density at radius 1 is 1.42 bits per heavy atom. The minimum Gasteiger partial charge on any atom is -0.493 e. The predicted molar refractivity (Wildman–Crippen MR) is 77.7 cm³/mol. The van der Waals surface area contributed by atoms with Crippen LogP contribution >= 0.6 is 11.3 Å². The molecule has 4 heteroatoms. The first kappa shape index (κ1) is 12.6. The molecular weight excluding hydrogens is 256 g/mol. The number of hydrogen-bond acceptors (Lipinski definition) is 4. The van der Waals surface area contributed by atoms with Crippen LogP contribution in [0.5, 0.6) is 5.75 Å². The topological polar surface area (TPSA) is 34.2 Å². The maximum Gasteiger partial charge on any atom is 0.124 e. The zero-order chi connectivity index (χ0) is 13.2. The fourth-order valence-electron chi connectivity index (χ4n) is 2.62. The second kappa shape index (κ2) is 5.31. The summed E-state index contributed by atoms with van der Waals surface area (Å²) in [6, 6.07) is 8.98. The lowest BCUT2D eigenvalue weighted by atomic mass is 9.99. The monoisotopic (exact) mass is 274 g/mol. The summed E-state index contributed by atoms with van der Waals surface area (Å²) in [6.07, 6.45) is 1.01. The van der Waals surface area contributed by atoms with E-state index < -0.39 is 0 Å². The minimum atomic E-state index is 0.323. The number of thiazole rings is 1. The molecule has 1 N–H and O–H groups in total. The van der Waals surface area contributed by atoms with Crippen LogP contribution in [0.2, 0.25) is 0 Å². The third-order valence-corrected chi connectivity index (χ3v) is 4.70. The van der Waals surface area contributed by atoms with Gasteiger partial charge in [-0.1, -0.05) is 18.2 Å². The zero-order valence-electron chi connectivity index (χ0n) is 11.2. The molecule has 0 saturated heterocycles. The van der Waals surface area contributed by atoms with Gasteiger partial charge >= 0.3 is 0 Å². The highest BCUT2D eigenvalue weighted by molar-refractivity contribution is 7.09. The van der Waals surface area contributed by atoms with Crippen LogP contribution < -0.4 is 10.1 Å². The first-order valence-electron chi connectivity index (χ1n) is 6.63. The normalized spacial score (nSPS) is 19.6. The summed E-state index contributed by atoms with van der Waals surface area (Å²) in [5.74, 6) is 1.01. The Kier molecular flexibility index (Phi) is 3.53. The number of rotatable bonds is 3. The molecule has 1 aliphatic heterocycles. The van der Waals surface area contributed by atoms with Crippen molar-refractivity contribution in [3.05, 3.63) is 45.9 Å². The largest absolute Gasteiger partial charge is 0.493 e. The van der Waals surface area contributed by atoms with Gasteiger partial charge in [-0.3, -0.25) is 0 Å². The Bertz CT molecular complexity index is 567. The smallest absolute Gasteiger partial charge is 0.124 e. The maximum absolute atomic E-state index is 5.70. The van der Waals surface area contributed by atoms with Gasteiger partial charge in [-0.15, -0.1) is 11.3 Å². The van der Waals surface area contributed by atoms with Gasteiger partial charge < -0.3 is 10.1 Å². The molecule has 0 radical (unpaired) electrons. The van der Waals surface area contributed by atoms with Crippen molar-refractivity contribution in [1.82, 2.24) is 10.3 Å². The van der Waals surface area contributed by atoms with Crippen molar-refractivity contribution in [2.24, 2.45) is 0 Å². The Labute approximate surface area is 117 Å². The van der Waals surface area contributed by atoms with Crippen molar-refractivity contribution >= 4 is 11.3 Å². The number of hydrogen-bond donors (Lipinski definition) is 1. The fourth-order valence-corrected chi connectivity index (χ4v) is 3.44. The van der Waals surface area contributed by atoms with Crippen LogP contribution in [0.25, 0.3) is 0 Å². The lowest BCUT2D eigenvalue weighted by Gasteiger charge is -2.29. The molecule has 0 spiro atoms. The molecule has 0 fully saturated rings. The average molecular weight is 274 g/mol. The first-order chi connectivity index (χ1) is 9.25. The molecule has 1 aromatic heterocycles. The predicted octanol–water partition coefficient (Wildman–Crippen LogP) is 3.63. The fraction of sp³-hybridized carbons (Fsp3) is 0.400. The van der Waals surface area contributed by atoms with Crippen LogP contribution in [0, 0.1) is 6.92 Å². The third kappa shape index (κ3) is 2.51. The molecule has 0 saturated carbocycles. The van der Waals surface area contributed by atoms with E-state index in [-0.39, 0.29) is 0 Å². The Balaban J connectivity index is 1.80. The van der Waals surface area contributed by atoms with Gasteiger partial charge in [0.25, 0.3) is 0 Å². The molecule has 1 aliphatic rings. The number of aryl methyl sites for hydroxylation is 1. The van der Waals surface area contributed by atoms with Gasteiger partial charge in [0, 0.05) is 28.9 Å². The summed E-state index contributed by atoms with van der Waals surface area (Å²) in [7, 11) is 0. The van der Waals surface area contributed by atoms with Crippen LogP contribution in [0.4, 0.5) is 0 Å². The van der Waals surface area contributed by atoms with Gasteiger partial charge in [0.1, 0.15) is 5.75 Å². The van der Waals surface area contributed by atoms with Crippen molar-refractivity contribution in [3.8, 4) is 5.75 Å². The molecule has 2 atom stereocenters. The van der Waals surface area contributed by atoms with E-state index >= 15 is 0 Å². The SMILES string of the molecule is Cc1ncsc1C(C)NC1CCOc2ccccc21. The van der Waals surface area contributed by atoms with E-state index in [2.05, 4.69) is 36.3 Å². The van der Waals surface area contributed by atoms with Gasteiger partial charge in [0.15, 0.2) is 0 Å². The van der Waals surface area contributed by atoms with Gasteiger partial charge in [0.2, 0.25) is 0 Å². The zero-order valence-corrected chi connectivity index (χ0v) is 12.0. The lowest BCUT2D eigenvalue weighted by Crippen LogP contribution is -2.29. The molecule has 3 rings (SSSR count). The van der Waals surface area contributed by atoms with E-state index in [0.717, 1.165) is 24.5 Å². The molecule has 100 valence electrons. The second-order valence-corrected chi connectivity index (χ2v) is 5.80. The molecule has 2 aromatic rings. The van der Waals surface area contributed by atoms with Crippen molar-refractivity contribution in [2.45, 2.75) is 32.4 Å². The molecule has 0 amide bonds. The lowest BCUT2D eigenvalue weighted by molar-refractivity contribution is 0.246. The summed E-state index contributed by atoms with van der Waals surface area (Å²) < 4.78 is 5.70. The summed E-state index contributed by atoms with van der Waals surface area (Å²) in [4.78, 5) is 5.65. The van der Waals surface area contributed by atoms with Crippen molar-refractivity contribution in [2.75, 3.05) is 6.61 Å². The van der Waals surface area contributed by atoms with Gasteiger partial charge in [-0.25, -0.2) is 4.98 Å². The number of para-hydroxylation sites is 1. The van der Waals surface area contributed by atoms with E-state index in [1.54, 1.807) is 11.3 Å². The van der Waals surface area contributed by atoms with E-state index in [0.29, 0.717) is 12.1 Å². The molecular formula is C15H18N2OS. The maximum atomic E-state index is 5.70. The Morgan fingerprint density at radius 2 is 2.26 bits per heavy atom. The summed E-state index contributed by atoms with van der Waals surface area (Å²) in [5.41, 5.74) is 4.31.